The molecule has 0 aliphatic heterocycles. The molecule has 0 radical (unpaired) electrons. The van der Waals surface area contributed by atoms with E-state index in [4.69, 9.17) is 16.3 Å². The Morgan fingerprint density at radius 1 is 1.14 bits per heavy atom. The second kappa shape index (κ2) is 11.1. The van der Waals surface area contributed by atoms with E-state index in [9.17, 15) is 22.8 Å². The summed E-state index contributed by atoms with van der Waals surface area (Å²) >= 11 is 6.31. The number of aromatic amines is 1. The van der Waals surface area contributed by atoms with Gasteiger partial charge in [-0.1, -0.05) is 24.6 Å². The molecule has 12 heteroatoms. The van der Waals surface area contributed by atoms with Crippen LogP contribution in [0.1, 0.15) is 25.8 Å². The topological polar surface area (TPSA) is 106 Å². The number of nitrogens with one attached hydrogen (secondary N) is 2. The summed E-state index contributed by atoms with van der Waals surface area (Å²) < 4.78 is 49.7. The normalized spacial score (nSPS) is 13.2. The van der Waals surface area contributed by atoms with Crippen LogP contribution in [0.15, 0.2) is 47.3 Å². The third-order valence-electron chi connectivity index (χ3n) is 5.36. The van der Waals surface area contributed by atoms with Gasteiger partial charge < -0.3 is 14.8 Å². The van der Waals surface area contributed by atoms with Gasteiger partial charge in [0.25, 0.3) is 5.91 Å². The van der Waals surface area contributed by atoms with E-state index in [2.05, 4.69) is 25.0 Å². The zero-order chi connectivity index (χ0) is 26.5. The first-order valence-corrected chi connectivity index (χ1v) is 11.3. The molecule has 3 rings (SSSR count). The molecular weight excluding hydrogens is 501 g/mol. The Hall–Kier alpha value is -3.44. The lowest BCUT2D eigenvalue weighted by Gasteiger charge is -2.29. The van der Waals surface area contributed by atoms with Crippen molar-refractivity contribution in [2.45, 2.75) is 38.6 Å². The number of hydrogen-bond acceptors (Lipinski definition) is 6. The van der Waals surface area contributed by atoms with Crippen LogP contribution in [0.25, 0.3) is 22.8 Å². The number of hydrogen-bond donors (Lipinski definition) is 2. The van der Waals surface area contributed by atoms with E-state index in [0.717, 1.165) is 13.5 Å². The van der Waals surface area contributed by atoms with Gasteiger partial charge in [0.1, 0.15) is 11.6 Å². The predicted molar refractivity (Wildman–Crippen MR) is 128 cm³/mol. The van der Waals surface area contributed by atoms with Gasteiger partial charge in [0, 0.05) is 24.8 Å². The zero-order valence-corrected chi connectivity index (χ0v) is 20.5. The lowest BCUT2D eigenvalue weighted by Crippen LogP contribution is -2.55. The quantitative estimate of drug-likeness (QED) is 0.426. The number of benzene rings is 2. The summed E-state index contributed by atoms with van der Waals surface area (Å²) in [5, 5.41) is 2.45. The van der Waals surface area contributed by atoms with Crippen molar-refractivity contribution in [3.63, 3.8) is 0 Å². The van der Waals surface area contributed by atoms with Crippen molar-refractivity contribution in [2.24, 2.45) is 0 Å². The van der Waals surface area contributed by atoms with Gasteiger partial charge in [-0.05, 0) is 55.3 Å². The summed E-state index contributed by atoms with van der Waals surface area (Å²) in [5.41, 5.74) is -2.39. The SMILES string of the molecule is CCCOc1ccc(-c2nc(-c3cc(CNC(=O)C(C)(OC)C(F)(F)F)ccc3Cl)[nH]c(=O)n2)cc1. The number of rotatable bonds is 9. The van der Waals surface area contributed by atoms with Crippen molar-refractivity contribution < 1.29 is 27.4 Å². The van der Waals surface area contributed by atoms with E-state index < -0.39 is 23.4 Å². The minimum atomic E-state index is -4.91. The Bertz CT molecular complexity index is 1280. The van der Waals surface area contributed by atoms with E-state index >= 15 is 0 Å². The molecule has 0 aliphatic carbocycles. The molecule has 2 N–H and O–H groups in total. The van der Waals surface area contributed by atoms with Crippen LogP contribution in [-0.2, 0) is 16.1 Å². The van der Waals surface area contributed by atoms with Crippen LogP contribution in [0.4, 0.5) is 13.2 Å². The zero-order valence-electron chi connectivity index (χ0n) is 19.7. The summed E-state index contributed by atoms with van der Waals surface area (Å²) in [6.07, 6.45) is -4.05. The lowest BCUT2D eigenvalue weighted by atomic mass is 10.0. The van der Waals surface area contributed by atoms with Crippen LogP contribution in [0, 0.1) is 0 Å². The van der Waals surface area contributed by atoms with Crippen molar-refractivity contribution in [3.8, 4) is 28.5 Å². The maximum Gasteiger partial charge on any atom is 0.426 e. The highest BCUT2D eigenvalue weighted by molar-refractivity contribution is 6.33. The fourth-order valence-electron chi connectivity index (χ4n) is 3.11. The molecule has 0 fully saturated rings. The van der Waals surface area contributed by atoms with Crippen molar-refractivity contribution in [3.05, 3.63) is 63.5 Å². The minimum Gasteiger partial charge on any atom is -0.494 e. The van der Waals surface area contributed by atoms with Crippen molar-refractivity contribution in [1.82, 2.24) is 20.3 Å². The number of carbonyl (C=O) groups is 1. The molecule has 1 atom stereocenters. The Morgan fingerprint density at radius 3 is 2.44 bits per heavy atom. The fraction of sp³-hybridized carbons (Fsp3) is 0.333. The van der Waals surface area contributed by atoms with Gasteiger partial charge in [-0.3, -0.25) is 9.78 Å². The Balaban J connectivity index is 1.87. The van der Waals surface area contributed by atoms with Crippen LogP contribution in [0.3, 0.4) is 0 Å². The summed E-state index contributed by atoms with van der Waals surface area (Å²) in [4.78, 5) is 35.3. The molecule has 1 heterocycles. The van der Waals surface area contributed by atoms with Crippen LogP contribution in [-0.4, -0.2) is 46.4 Å². The van der Waals surface area contributed by atoms with E-state index in [-0.39, 0.29) is 23.2 Å². The summed E-state index contributed by atoms with van der Waals surface area (Å²) in [6, 6.07) is 11.4. The average Bonchev–Trinajstić information content (AvgIpc) is 2.85. The fourth-order valence-corrected chi connectivity index (χ4v) is 3.32. The number of halogens is 4. The molecule has 36 heavy (non-hydrogen) atoms. The first-order valence-electron chi connectivity index (χ1n) is 10.9. The summed E-state index contributed by atoms with van der Waals surface area (Å²) in [6.45, 7) is 2.96. The smallest absolute Gasteiger partial charge is 0.426 e. The molecular formula is C24H24ClF3N4O4. The van der Waals surface area contributed by atoms with Crippen LogP contribution >= 0.6 is 11.6 Å². The molecule has 1 unspecified atom stereocenters. The number of H-pyrrole nitrogens is 1. The van der Waals surface area contributed by atoms with Gasteiger partial charge in [0.15, 0.2) is 5.82 Å². The number of carbonyl (C=O) groups excluding carboxylic acids is 1. The second-order valence-corrected chi connectivity index (χ2v) is 8.34. The molecule has 3 aromatic rings. The molecule has 0 bridgehead atoms. The number of methoxy groups -OCH3 is 1. The first-order chi connectivity index (χ1) is 17.0. The largest absolute Gasteiger partial charge is 0.494 e. The van der Waals surface area contributed by atoms with E-state index in [1.54, 1.807) is 24.3 Å². The standard InChI is InChI=1S/C24H24ClF3N4O4/c1-4-11-36-16-8-6-15(7-9-16)19-30-20(32-22(34)31-19)17-12-14(5-10-18(17)25)13-29-21(33)23(2,35-3)24(26,27)28/h5-10,12H,4,11,13H2,1-3H3,(H,29,33)(H,30,31,32,34). The minimum absolute atomic E-state index is 0.103. The van der Waals surface area contributed by atoms with Gasteiger partial charge in [-0.25, -0.2) is 9.78 Å². The van der Waals surface area contributed by atoms with Gasteiger partial charge in [-0.15, -0.1) is 0 Å². The highest BCUT2D eigenvalue weighted by Gasteiger charge is 2.57. The molecule has 192 valence electrons. The molecule has 1 aromatic heterocycles. The molecule has 2 aromatic carbocycles. The molecule has 0 spiro atoms. The Morgan fingerprint density at radius 2 is 1.83 bits per heavy atom. The summed E-state index contributed by atoms with van der Waals surface area (Å²) in [5.74, 6) is -0.435. The van der Waals surface area contributed by atoms with Crippen molar-refractivity contribution >= 4 is 17.5 Å². The number of amides is 1. The number of ether oxygens (including phenoxy) is 2. The van der Waals surface area contributed by atoms with Crippen LogP contribution in [0.2, 0.25) is 5.02 Å². The third kappa shape index (κ3) is 6.03. The monoisotopic (exact) mass is 524 g/mol. The average molecular weight is 525 g/mol. The van der Waals surface area contributed by atoms with Gasteiger partial charge in [0.2, 0.25) is 5.60 Å². The molecule has 0 saturated heterocycles. The van der Waals surface area contributed by atoms with E-state index in [1.165, 1.54) is 18.2 Å². The highest BCUT2D eigenvalue weighted by atomic mass is 35.5. The molecule has 0 saturated carbocycles. The number of alkyl halides is 3. The highest BCUT2D eigenvalue weighted by Crippen LogP contribution is 2.33. The van der Waals surface area contributed by atoms with Crippen LogP contribution < -0.4 is 15.7 Å². The van der Waals surface area contributed by atoms with Gasteiger partial charge in [-0.2, -0.15) is 18.2 Å². The molecule has 8 nitrogen and oxygen atoms in total. The lowest BCUT2D eigenvalue weighted by molar-refractivity contribution is -0.253. The Labute approximate surface area is 209 Å². The maximum absolute atomic E-state index is 13.3. The summed E-state index contributed by atoms with van der Waals surface area (Å²) in [7, 11) is 0.808. The third-order valence-corrected chi connectivity index (χ3v) is 5.69. The van der Waals surface area contributed by atoms with Gasteiger partial charge in [0.05, 0.1) is 11.6 Å². The number of nitrogens with zero attached hydrogens (tertiary/aromatic N) is 2. The van der Waals surface area contributed by atoms with E-state index in [1.807, 2.05) is 6.92 Å². The number of aromatic nitrogens is 3. The Kier molecular flexibility index (Phi) is 8.36. The van der Waals surface area contributed by atoms with E-state index in [0.29, 0.717) is 36.0 Å². The second-order valence-electron chi connectivity index (χ2n) is 7.93. The van der Waals surface area contributed by atoms with Gasteiger partial charge >= 0.3 is 11.9 Å². The van der Waals surface area contributed by atoms with Crippen LogP contribution in [0.5, 0.6) is 5.75 Å². The predicted octanol–water partition coefficient (Wildman–Crippen LogP) is 4.52. The first kappa shape index (κ1) is 27.2. The maximum atomic E-state index is 13.3. The van der Waals surface area contributed by atoms with Crippen molar-refractivity contribution in [2.75, 3.05) is 13.7 Å². The van der Waals surface area contributed by atoms with Crippen molar-refractivity contribution in [1.29, 1.82) is 0 Å². The molecule has 1 amide bonds. The molecule has 0 aliphatic rings.